The van der Waals surface area contributed by atoms with E-state index in [1.165, 1.54) is 31.4 Å². The monoisotopic (exact) mass is 348 g/mol. The molecule has 1 aromatic heterocycles. The number of nitrogens with zero attached hydrogens (tertiary/aromatic N) is 2. The molecule has 0 atom stereocenters. The molecule has 0 amide bonds. The minimum atomic E-state index is -3.52. The molecule has 2 N–H and O–H groups in total. The SMILES string of the molecule is CCc1cccc(CC)c1Nc1ccc(NS(=O)(=O)N(C)C)cn1. The van der Waals surface area contributed by atoms with Gasteiger partial charge in [0, 0.05) is 19.8 Å². The summed E-state index contributed by atoms with van der Waals surface area (Å²) in [6.45, 7) is 4.24. The Hall–Kier alpha value is -2.12. The van der Waals surface area contributed by atoms with Gasteiger partial charge >= 0.3 is 10.2 Å². The molecule has 0 spiro atoms. The van der Waals surface area contributed by atoms with Crippen LogP contribution in [0.4, 0.5) is 17.2 Å². The van der Waals surface area contributed by atoms with Gasteiger partial charge in [-0.05, 0) is 36.1 Å². The average Bonchev–Trinajstić information content (AvgIpc) is 2.56. The van der Waals surface area contributed by atoms with E-state index in [1.807, 2.05) is 0 Å². The lowest BCUT2D eigenvalue weighted by atomic mass is 10.0. The molecule has 0 bridgehead atoms. The molecule has 2 aromatic rings. The maximum Gasteiger partial charge on any atom is 0.301 e. The highest BCUT2D eigenvalue weighted by Gasteiger charge is 2.13. The van der Waals surface area contributed by atoms with E-state index in [2.05, 4.69) is 47.1 Å². The van der Waals surface area contributed by atoms with Crippen molar-refractivity contribution < 1.29 is 8.42 Å². The fraction of sp³-hybridized carbons (Fsp3) is 0.353. The van der Waals surface area contributed by atoms with Crippen LogP contribution in [0.1, 0.15) is 25.0 Å². The molecule has 0 saturated carbocycles. The molecular weight excluding hydrogens is 324 g/mol. The third-order valence-corrected chi connectivity index (χ3v) is 5.20. The molecule has 7 heteroatoms. The Balaban J connectivity index is 2.21. The van der Waals surface area contributed by atoms with Gasteiger partial charge in [0.15, 0.2) is 0 Å². The number of hydrogen-bond donors (Lipinski definition) is 2. The lowest BCUT2D eigenvalue weighted by Crippen LogP contribution is -2.28. The van der Waals surface area contributed by atoms with E-state index < -0.39 is 10.2 Å². The Labute approximate surface area is 144 Å². The second-order valence-corrected chi connectivity index (χ2v) is 7.49. The van der Waals surface area contributed by atoms with Gasteiger partial charge in [-0.2, -0.15) is 12.7 Å². The van der Waals surface area contributed by atoms with Crippen LogP contribution in [0.5, 0.6) is 0 Å². The largest absolute Gasteiger partial charge is 0.340 e. The van der Waals surface area contributed by atoms with Crippen molar-refractivity contribution in [3.63, 3.8) is 0 Å². The molecule has 1 aromatic carbocycles. The van der Waals surface area contributed by atoms with Crippen LogP contribution in [0.25, 0.3) is 0 Å². The number of aryl methyl sites for hydroxylation is 2. The number of anilines is 3. The number of nitrogens with one attached hydrogen (secondary N) is 2. The van der Waals surface area contributed by atoms with E-state index in [0.717, 1.165) is 22.8 Å². The summed E-state index contributed by atoms with van der Waals surface area (Å²) >= 11 is 0. The van der Waals surface area contributed by atoms with Crippen molar-refractivity contribution in [2.24, 2.45) is 0 Å². The molecule has 2 rings (SSSR count). The van der Waals surface area contributed by atoms with Crippen molar-refractivity contribution in [1.29, 1.82) is 0 Å². The van der Waals surface area contributed by atoms with Crippen LogP contribution in [0.2, 0.25) is 0 Å². The van der Waals surface area contributed by atoms with Crippen molar-refractivity contribution >= 4 is 27.4 Å². The summed E-state index contributed by atoms with van der Waals surface area (Å²) in [5.74, 6) is 0.679. The van der Waals surface area contributed by atoms with Gasteiger partial charge in [-0.15, -0.1) is 0 Å². The van der Waals surface area contributed by atoms with Gasteiger partial charge < -0.3 is 5.32 Å². The van der Waals surface area contributed by atoms with Crippen LogP contribution >= 0.6 is 0 Å². The van der Waals surface area contributed by atoms with E-state index in [-0.39, 0.29) is 0 Å². The first-order valence-corrected chi connectivity index (χ1v) is 9.35. The molecule has 0 saturated heterocycles. The molecule has 0 radical (unpaired) electrons. The molecule has 0 unspecified atom stereocenters. The summed E-state index contributed by atoms with van der Waals surface area (Å²) < 4.78 is 27.2. The lowest BCUT2D eigenvalue weighted by Gasteiger charge is -2.16. The van der Waals surface area contributed by atoms with E-state index in [9.17, 15) is 8.42 Å². The Morgan fingerprint density at radius 1 is 1.04 bits per heavy atom. The number of rotatable bonds is 7. The third kappa shape index (κ3) is 4.24. The molecular formula is C17H24N4O2S. The second-order valence-electron chi connectivity index (χ2n) is 5.60. The van der Waals surface area contributed by atoms with Gasteiger partial charge in [-0.25, -0.2) is 4.98 Å². The summed E-state index contributed by atoms with van der Waals surface area (Å²) in [5.41, 5.74) is 3.97. The number of hydrogen-bond acceptors (Lipinski definition) is 4. The first-order chi connectivity index (χ1) is 11.4. The molecule has 6 nitrogen and oxygen atoms in total. The Morgan fingerprint density at radius 3 is 2.12 bits per heavy atom. The predicted octanol–water partition coefficient (Wildman–Crippen LogP) is 3.17. The van der Waals surface area contributed by atoms with Crippen molar-refractivity contribution in [1.82, 2.24) is 9.29 Å². The predicted molar refractivity (Wildman–Crippen MR) is 98.9 cm³/mol. The van der Waals surface area contributed by atoms with Gasteiger partial charge in [0.05, 0.1) is 11.9 Å². The van der Waals surface area contributed by atoms with E-state index in [0.29, 0.717) is 11.5 Å². The van der Waals surface area contributed by atoms with Crippen LogP contribution in [0.15, 0.2) is 36.5 Å². The molecule has 0 aliphatic carbocycles. The first-order valence-electron chi connectivity index (χ1n) is 7.91. The van der Waals surface area contributed by atoms with E-state index >= 15 is 0 Å². The zero-order valence-electron chi connectivity index (χ0n) is 14.5. The van der Waals surface area contributed by atoms with Gasteiger partial charge in [0.1, 0.15) is 5.82 Å². The molecule has 130 valence electrons. The summed E-state index contributed by atoms with van der Waals surface area (Å²) in [6.07, 6.45) is 3.36. The highest BCUT2D eigenvalue weighted by atomic mass is 32.2. The fourth-order valence-electron chi connectivity index (χ4n) is 2.30. The Kier molecular flexibility index (Phi) is 5.80. The fourth-order valence-corrected chi connectivity index (χ4v) is 2.90. The highest BCUT2D eigenvalue weighted by molar-refractivity contribution is 7.90. The number of benzene rings is 1. The second kappa shape index (κ2) is 7.63. The average molecular weight is 348 g/mol. The van der Waals surface area contributed by atoms with Crippen molar-refractivity contribution in [2.75, 3.05) is 24.1 Å². The summed E-state index contributed by atoms with van der Waals surface area (Å²) in [5, 5.41) is 3.36. The smallest absolute Gasteiger partial charge is 0.301 e. The maximum absolute atomic E-state index is 11.8. The highest BCUT2D eigenvalue weighted by Crippen LogP contribution is 2.26. The standard InChI is InChI=1S/C17H24N4O2S/c1-5-13-8-7-9-14(6-2)17(13)19-16-11-10-15(12-18-16)20-24(22,23)21(3)4/h7-12,20H,5-6H2,1-4H3,(H,18,19). The minimum Gasteiger partial charge on any atom is -0.340 e. The molecule has 0 fully saturated rings. The zero-order valence-corrected chi connectivity index (χ0v) is 15.3. The number of pyridine rings is 1. The molecule has 1 heterocycles. The minimum absolute atomic E-state index is 0.425. The van der Waals surface area contributed by atoms with E-state index in [1.54, 1.807) is 12.1 Å². The van der Waals surface area contributed by atoms with Crippen molar-refractivity contribution in [3.05, 3.63) is 47.7 Å². The topological polar surface area (TPSA) is 74.3 Å². The Morgan fingerprint density at radius 2 is 1.67 bits per heavy atom. The molecule has 0 aliphatic rings. The summed E-state index contributed by atoms with van der Waals surface area (Å²) in [6, 6.07) is 9.72. The number of aromatic nitrogens is 1. The van der Waals surface area contributed by atoms with E-state index in [4.69, 9.17) is 0 Å². The lowest BCUT2D eigenvalue weighted by molar-refractivity contribution is 0.527. The van der Waals surface area contributed by atoms with Crippen LogP contribution in [-0.2, 0) is 23.1 Å². The first kappa shape index (κ1) is 18.2. The molecule has 0 aliphatic heterocycles. The molecule has 24 heavy (non-hydrogen) atoms. The number of para-hydroxylation sites is 1. The quantitative estimate of drug-likeness (QED) is 0.806. The van der Waals surface area contributed by atoms with Crippen LogP contribution in [-0.4, -0.2) is 31.8 Å². The van der Waals surface area contributed by atoms with Gasteiger partial charge in [-0.1, -0.05) is 32.0 Å². The van der Waals surface area contributed by atoms with Gasteiger partial charge in [0.25, 0.3) is 0 Å². The summed E-state index contributed by atoms with van der Waals surface area (Å²) in [7, 11) is -0.578. The van der Waals surface area contributed by atoms with Crippen LogP contribution in [0.3, 0.4) is 0 Å². The van der Waals surface area contributed by atoms with Crippen molar-refractivity contribution in [2.45, 2.75) is 26.7 Å². The van der Waals surface area contributed by atoms with Gasteiger partial charge in [-0.3, -0.25) is 4.72 Å². The van der Waals surface area contributed by atoms with Crippen molar-refractivity contribution in [3.8, 4) is 0 Å². The summed E-state index contributed by atoms with van der Waals surface area (Å²) in [4.78, 5) is 4.31. The van der Waals surface area contributed by atoms with Gasteiger partial charge in [0.2, 0.25) is 0 Å². The van der Waals surface area contributed by atoms with Crippen LogP contribution < -0.4 is 10.0 Å². The Bertz CT molecular complexity index is 764. The maximum atomic E-state index is 11.8. The third-order valence-electron chi connectivity index (χ3n) is 3.74. The van der Waals surface area contributed by atoms with Crippen LogP contribution in [0, 0.1) is 0 Å². The normalized spacial score (nSPS) is 11.5. The zero-order chi connectivity index (χ0) is 17.7.